The zero-order valence-electron chi connectivity index (χ0n) is 14.4. The Hall–Kier alpha value is -1.73. The van der Waals surface area contributed by atoms with Gasteiger partial charge in [0.05, 0.1) is 7.11 Å². The Bertz CT molecular complexity index is 574. The Morgan fingerprint density at radius 3 is 2.45 bits per heavy atom. The summed E-state index contributed by atoms with van der Waals surface area (Å²) in [6, 6.07) is 8.07. The van der Waals surface area contributed by atoms with Crippen LogP contribution in [0.2, 0.25) is 18.1 Å². The maximum atomic E-state index is 11.0. The lowest BCUT2D eigenvalue weighted by Gasteiger charge is -2.37. The van der Waals surface area contributed by atoms with Gasteiger partial charge in [0.25, 0.3) is 0 Å². The number of carbonyl (C=O) groups is 1. The second-order valence-electron chi connectivity index (χ2n) is 6.76. The molecule has 0 bridgehead atoms. The van der Waals surface area contributed by atoms with Gasteiger partial charge in [-0.15, -0.1) is 0 Å². The molecule has 0 spiro atoms. The van der Waals surface area contributed by atoms with Gasteiger partial charge in [0.1, 0.15) is 5.75 Å². The third-order valence-electron chi connectivity index (χ3n) is 4.04. The Balaban J connectivity index is 2.82. The van der Waals surface area contributed by atoms with Crippen LogP contribution in [0.5, 0.6) is 5.75 Å². The maximum absolute atomic E-state index is 11.0. The van der Waals surface area contributed by atoms with Gasteiger partial charge in [-0.2, -0.15) is 0 Å². The number of carbonyl (C=O) groups excluding carboxylic acids is 1. The Kier molecular flexibility index (Phi) is 6.25. The van der Waals surface area contributed by atoms with Crippen molar-refractivity contribution in [3.05, 3.63) is 29.8 Å². The molecule has 0 aromatic heterocycles. The van der Waals surface area contributed by atoms with Gasteiger partial charge in [0.2, 0.25) is 8.32 Å². The minimum Gasteiger partial charge on any atom is -0.543 e. The average Bonchev–Trinajstić information content (AvgIpc) is 2.43. The molecule has 0 saturated heterocycles. The van der Waals surface area contributed by atoms with E-state index in [1.54, 1.807) is 0 Å². The van der Waals surface area contributed by atoms with Gasteiger partial charge in [-0.05, 0) is 36.2 Å². The quantitative estimate of drug-likeness (QED) is 0.361. The summed E-state index contributed by atoms with van der Waals surface area (Å²) in [5, 5.41) is 0.158. The molecule has 3 nitrogen and oxygen atoms in total. The normalized spacial score (nSPS) is 11.4. The highest BCUT2D eigenvalue weighted by molar-refractivity contribution is 6.74. The van der Waals surface area contributed by atoms with Gasteiger partial charge >= 0.3 is 5.97 Å². The fourth-order valence-corrected chi connectivity index (χ4v) is 2.68. The first-order chi connectivity index (χ1) is 10.2. The Morgan fingerprint density at radius 1 is 1.23 bits per heavy atom. The van der Waals surface area contributed by atoms with E-state index in [9.17, 15) is 4.79 Å². The minimum absolute atomic E-state index is 0.158. The summed E-state index contributed by atoms with van der Waals surface area (Å²) in [7, 11) is -0.526. The lowest BCUT2D eigenvalue weighted by atomic mass is 10.1. The third-order valence-corrected chi connectivity index (χ3v) is 8.38. The molecule has 0 atom stereocenters. The maximum Gasteiger partial charge on any atom is 0.384 e. The van der Waals surface area contributed by atoms with E-state index in [1.165, 1.54) is 7.11 Å². The third kappa shape index (κ3) is 5.23. The highest BCUT2D eigenvalue weighted by Crippen LogP contribution is 2.38. The number of para-hydroxylation sites is 1. The molecule has 0 N–H and O–H groups in total. The molecule has 4 heteroatoms. The summed E-state index contributed by atoms with van der Waals surface area (Å²) in [4.78, 5) is 11.0. The van der Waals surface area contributed by atoms with Crippen LogP contribution in [0.4, 0.5) is 0 Å². The Morgan fingerprint density at radius 2 is 1.86 bits per heavy atom. The molecule has 1 aromatic carbocycles. The summed E-state index contributed by atoms with van der Waals surface area (Å²) < 4.78 is 10.9. The van der Waals surface area contributed by atoms with Crippen LogP contribution < -0.4 is 4.43 Å². The largest absolute Gasteiger partial charge is 0.543 e. The SMILES string of the molecule is COC(=O)C#CCCc1ccccc1O[Si](C)(C)C(C)(C)C. The van der Waals surface area contributed by atoms with E-state index >= 15 is 0 Å². The number of hydrogen-bond acceptors (Lipinski definition) is 3. The van der Waals surface area contributed by atoms with Crippen molar-refractivity contribution in [1.29, 1.82) is 0 Å². The molecule has 0 aliphatic rings. The molecule has 0 radical (unpaired) electrons. The number of benzene rings is 1. The molecule has 1 rings (SSSR count). The fourth-order valence-electron chi connectivity index (χ4n) is 1.62. The van der Waals surface area contributed by atoms with Gasteiger partial charge in [-0.3, -0.25) is 0 Å². The molecular formula is C18H26O3Si. The van der Waals surface area contributed by atoms with Crippen LogP contribution in [0.15, 0.2) is 24.3 Å². The van der Waals surface area contributed by atoms with Gasteiger partial charge in [-0.1, -0.05) is 44.9 Å². The van der Waals surface area contributed by atoms with Crippen molar-refractivity contribution in [3.8, 4) is 17.6 Å². The molecule has 0 fully saturated rings. The van der Waals surface area contributed by atoms with Crippen molar-refractivity contribution < 1.29 is 14.0 Å². The van der Waals surface area contributed by atoms with Gasteiger partial charge in [-0.25, -0.2) is 4.79 Å². The summed E-state index contributed by atoms with van der Waals surface area (Å²) >= 11 is 0. The predicted octanol–water partition coefficient (Wildman–Crippen LogP) is 4.18. The van der Waals surface area contributed by atoms with E-state index in [0.29, 0.717) is 6.42 Å². The van der Waals surface area contributed by atoms with Crippen molar-refractivity contribution in [1.82, 2.24) is 0 Å². The highest BCUT2D eigenvalue weighted by atomic mass is 28.4. The first kappa shape index (κ1) is 18.3. The van der Waals surface area contributed by atoms with Crippen LogP contribution in [0.25, 0.3) is 0 Å². The van der Waals surface area contributed by atoms with E-state index in [4.69, 9.17) is 4.43 Å². The standard InChI is InChI=1S/C18H26O3Si/c1-18(2,3)22(5,6)21-16-13-9-7-11-15(16)12-8-10-14-17(19)20-4/h7,9,11,13H,8,12H2,1-6H3. The zero-order valence-corrected chi connectivity index (χ0v) is 15.4. The highest BCUT2D eigenvalue weighted by Gasteiger charge is 2.39. The van der Waals surface area contributed by atoms with Crippen molar-refractivity contribution in [3.63, 3.8) is 0 Å². The molecule has 0 aliphatic heterocycles. The van der Waals surface area contributed by atoms with Crippen LogP contribution in [0.1, 0.15) is 32.8 Å². The molecular weight excluding hydrogens is 292 g/mol. The monoisotopic (exact) mass is 318 g/mol. The van der Waals surface area contributed by atoms with E-state index in [-0.39, 0.29) is 5.04 Å². The molecule has 1 aromatic rings. The number of hydrogen-bond donors (Lipinski definition) is 0. The van der Waals surface area contributed by atoms with E-state index in [2.05, 4.69) is 56.5 Å². The summed E-state index contributed by atoms with van der Waals surface area (Å²) in [5.74, 6) is 5.73. The molecule has 0 amide bonds. The van der Waals surface area contributed by atoms with Crippen LogP contribution in [0.3, 0.4) is 0 Å². The van der Waals surface area contributed by atoms with Crippen LogP contribution in [-0.2, 0) is 16.0 Å². The minimum atomic E-state index is -1.86. The van der Waals surface area contributed by atoms with Gasteiger partial charge in [0, 0.05) is 12.3 Å². The zero-order chi connectivity index (χ0) is 16.8. The summed E-state index contributed by atoms with van der Waals surface area (Å²) in [6.07, 6.45) is 1.36. The smallest absolute Gasteiger partial charge is 0.384 e. The van der Waals surface area contributed by atoms with E-state index in [0.717, 1.165) is 17.7 Å². The second kappa shape index (κ2) is 7.51. The molecule has 120 valence electrons. The number of methoxy groups -OCH3 is 1. The van der Waals surface area contributed by atoms with Gasteiger partial charge in [0.15, 0.2) is 0 Å². The first-order valence-electron chi connectivity index (χ1n) is 7.51. The van der Waals surface area contributed by atoms with Crippen molar-refractivity contribution in [2.45, 2.75) is 51.7 Å². The topological polar surface area (TPSA) is 35.5 Å². The van der Waals surface area contributed by atoms with Crippen molar-refractivity contribution >= 4 is 14.3 Å². The van der Waals surface area contributed by atoms with Crippen LogP contribution in [0, 0.1) is 11.8 Å². The van der Waals surface area contributed by atoms with Crippen LogP contribution >= 0.6 is 0 Å². The molecule has 0 saturated carbocycles. The fraction of sp³-hybridized carbons (Fsp3) is 0.500. The summed E-state index contributed by atoms with van der Waals surface area (Å²) in [6.45, 7) is 11.2. The predicted molar refractivity (Wildman–Crippen MR) is 92.4 cm³/mol. The van der Waals surface area contributed by atoms with Crippen molar-refractivity contribution in [2.24, 2.45) is 0 Å². The van der Waals surface area contributed by atoms with Gasteiger partial charge < -0.3 is 9.16 Å². The molecule has 22 heavy (non-hydrogen) atoms. The lowest BCUT2D eigenvalue weighted by molar-refractivity contribution is -0.133. The molecule has 0 unspecified atom stereocenters. The number of ether oxygens (including phenoxy) is 1. The average molecular weight is 318 g/mol. The van der Waals surface area contributed by atoms with E-state index < -0.39 is 14.3 Å². The number of aryl methyl sites for hydroxylation is 1. The Labute approximate surface area is 135 Å². The number of esters is 1. The summed E-state index contributed by atoms with van der Waals surface area (Å²) in [5.41, 5.74) is 1.13. The number of rotatable bonds is 4. The van der Waals surface area contributed by atoms with E-state index in [1.807, 2.05) is 18.2 Å². The van der Waals surface area contributed by atoms with Crippen LogP contribution in [-0.4, -0.2) is 21.4 Å². The second-order valence-corrected chi connectivity index (χ2v) is 11.5. The molecule has 0 aliphatic carbocycles. The first-order valence-corrected chi connectivity index (χ1v) is 10.4. The lowest BCUT2D eigenvalue weighted by Crippen LogP contribution is -2.44. The van der Waals surface area contributed by atoms with Crippen molar-refractivity contribution in [2.75, 3.05) is 7.11 Å². The molecule has 0 heterocycles.